The molecule has 0 bridgehead atoms. The number of benzene rings is 2. The molecule has 0 aliphatic carbocycles. The zero-order valence-electron chi connectivity index (χ0n) is 13.6. The Hall–Kier alpha value is -3.09. The number of nitrogens with zero attached hydrogens (tertiary/aromatic N) is 1. The number of anilines is 1. The van der Waals surface area contributed by atoms with Crippen molar-refractivity contribution in [1.29, 1.82) is 0 Å². The Bertz CT molecular complexity index is 809. The number of carbonyl (C=O) groups is 2. The number of carbonyl (C=O) groups excluding carboxylic acids is 2. The molecule has 0 radical (unpaired) electrons. The minimum Gasteiger partial charge on any atom is -0.454 e. The van der Waals surface area contributed by atoms with Gasteiger partial charge in [-0.3, -0.25) is 9.59 Å². The summed E-state index contributed by atoms with van der Waals surface area (Å²) >= 11 is 0. The van der Waals surface area contributed by atoms with Crippen LogP contribution >= 0.6 is 0 Å². The molecule has 2 amide bonds. The molecule has 0 spiro atoms. The van der Waals surface area contributed by atoms with Gasteiger partial charge in [0, 0.05) is 37.3 Å². The van der Waals surface area contributed by atoms with Crippen LogP contribution in [0.15, 0.2) is 42.5 Å². The Balaban J connectivity index is 1.63. The van der Waals surface area contributed by atoms with E-state index in [9.17, 15) is 14.0 Å². The molecule has 1 aliphatic heterocycles. The molecule has 0 saturated carbocycles. The highest BCUT2D eigenvalue weighted by Crippen LogP contribution is 2.35. The lowest BCUT2D eigenvalue weighted by molar-refractivity contribution is -0.116. The number of nitrogens with one attached hydrogen (secondary N) is 1. The Morgan fingerprint density at radius 1 is 1.16 bits per heavy atom. The number of rotatable bonds is 5. The second-order valence-corrected chi connectivity index (χ2v) is 5.47. The minimum atomic E-state index is -0.474. The summed E-state index contributed by atoms with van der Waals surface area (Å²) in [7, 11) is 0. The number of hydrogen-bond acceptors (Lipinski definition) is 4. The van der Waals surface area contributed by atoms with Crippen molar-refractivity contribution in [3.8, 4) is 11.5 Å². The topological polar surface area (TPSA) is 67.9 Å². The predicted octanol–water partition coefficient (Wildman–Crippen LogP) is 2.34. The number of amides is 2. The summed E-state index contributed by atoms with van der Waals surface area (Å²) in [5, 5.41) is 2.68. The highest BCUT2D eigenvalue weighted by molar-refractivity contribution is 5.94. The lowest BCUT2D eigenvalue weighted by Gasteiger charge is -2.21. The summed E-state index contributed by atoms with van der Waals surface area (Å²) in [6, 6.07) is 10.6. The normalized spacial score (nSPS) is 11.9. The Kier molecular flexibility index (Phi) is 4.83. The third kappa shape index (κ3) is 3.88. The average molecular weight is 344 g/mol. The van der Waals surface area contributed by atoms with E-state index in [-0.39, 0.29) is 31.4 Å². The van der Waals surface area contributed by atoms with Crippen LogP contribution in [0, 0.1) is 5.82 Å². The third-order valence-corrected chi connectivity index (χ3v) is 3.76. The molecule has 1 N–H and O–H groups in total. The summed E-state index contributed by atoms with van der Waals surface area (Å²) in [4.78, 5) is 25.5. The molecule has 6 nitrogen and oxygen atoms in total. The average Bonchev–Trinajstić information content (AvgIpc) is 3.05. The molecule has 0 atom stereocenters. The standard InChI is InChI=1S/C18H17FN2O4/c1-12(22)21(15-5-6-16-17(10-15)25-11-24-16)8-7-20-18(23)13-3-2-4-14(19)9-13/h2-6,9-10H,7-8,11H2,1H3,(H,20,23). The van der Waals surface area contributed by atoms with E-state index in [1.807, 2.05) is 0 Å². The summed E-state index contributed by atoms with van der Waals surface area (Å²) < 4.78 is 23.7. The fourth-order valence-corrected chi connectivity index (χ4v) is 2.53. The van der Waals surface area contributed by atoms with Crippen LogP contribution in [0.25, 0.3) is 0 Å². The molecule has 1 aliphatic rings. The van der Waals surface area contributed by atoms with Gasteiger partial charge in [-0.15, -0.1) is 0 Å². The second-order valence-electron chi connectivity index (χ2n) is 5.47. The molecule has 0 fully saturated rings. The molecule has 130 valence electrons. The Morgan fingerprint density at radius 2 is 1.96 bits per heavy atom. The number of fused-ring (bicyclic) bond motifs is 1. The lowest BCUT2D eigenvalue weighted by atomic mass is 10.2. The first-order chi connectivity index (χ1) is 12.0. The van der Waals surface area contributed by atoms with Crippen molar-refractivity contribution in [3.63, 3.8) is 0 Å². The SMILES string of the molecule is CC(=O)N(CCNC(=O)c1cccc(F)c1)c1ccc2c(c1)OCO2. The van der Waals surface area contributed by atoms with Gasteiger partial charge in [0.1, 0.15) is 5.82 Å². The van der Waals surface area contributed by atoms with E-state index in [0.29, 0.717) is 17.2 Å². The highest BCUT2D eigenvalue weighted by Gasteiger charge is 2.18. The molecule has 2 aromatic rings. The summed E-state index contributed by atoms with van der Waals surface area (Å²) in [6.07, 6.45) is 0. The molecule has 1 heterocycles. The van der Waals surface area contributed by atoms with Crippen LogP contribution in [0.2, 0.25) is 0 Å². The molecule has 3 rings (SSSR count). The van der Waals surface area contributed by atoms with E-state index >= 15 is 0 Å². The van der Waals surface area contributed by atoms with Crippen molar-refractivity contribution in [1.82, 2.24) is 5.32 Å². The zero-order chi connectivity index (χ0) is 17.8. The molecule has 25 heavy (non-hydrogen) atoms. The largest absolute Gasteiger partial charge is 0.454 e. The van der Waals surface area contributed by atoms with Crippen molar-refractivity contribution < 1.29 is 23.5 Å². The van der Waals surface area contributed by atoms with Crippen LogP contribution in [-0.4, -0.2) is 31.7 Å². The van der Waals surface area contributed by atoms with Gasteiger partial charge in [-0.2, -0.15) is 0 Å². The van der Waals surface area contributed by atoms with Crippen molar-refractivity contribution in [2.45, 2.75) is 6.92 Å². The van der Waals surface area contributed by atoms with E-state index in [0.717, 1.165) is 6.07 Å². The van der Waals surface area contributed by atoms with Crippen LogP contribution in [0.1, 0.15) is 17.3 Å². The van der Waals surface area contributed by atoms with E-state index in [1.165, 1.54) is 30.0 Å². The smallest absolute Gasteiger partial charge is 0.251 e. The zero-order valence-corrected chi connectivity index (χ0v) is 13.6. The second kappa shape index (κ2) is 7.21. The van der Waals surface area contributed by atoms with Gasteiger partial charge in [0.15, 0.2) is 11.5 Å². The van der Waals surface area contributed by atoms with Gasteiger partial charge in [0.2, 0.25) is 12.7 Å². The minimum absolute atomic E-state index is 0.155. The van der Waals surface area contributed by atoms with Gasteiger partial charge in [-0.1, -0.05) is 6.07 Å². The van der Waals surface area contributed by atoms with Crippen LogP contribution in [-0.2, 0) is 4.79 Å². The van der Waals surface area contributed by atoms with E-state index in [1.54, 1.807) is 18.2 Å². The van der Waals surface area contributed by atoms with Crippen LogP contribution < -0.4 is 19.7 Å². The third-order valence-electron chi connectivity index (χ3n) is 3.76. The molecule has 0 unspecified atom stereocenters. The van der Waals surface area contributed by atoms with Crippen LogP contribution in [0.5, 0.6) is 11.5 Å². The number of halogens is 1. The fraction of sp³-hybridized carbons (Fsp3) is 0.222. The molecule has 2 aromatic carbocycles. The first-order valence-electron chi connectivity index (χ1n) is 7.76. The van der Waals surface area contributed by atoms with Gasteiger partial charge in [0.25, 0.3) is 5.91 Å². The summed E-state index contributed by atoms with van der Waals surface area (Å²) in [6.45, 7) is 2.10. The highest BCUT2D eigenvalue weighted by atomic mass is 19.1. The van der Waals surface area contributed by atoms with Gasteiger partial charge in [-0.05, 0) is 30.3 Å². The van der Waals surface area contributed by atoms with E-state index < -0.39 is 11.7 Å². The van der Waals surface area contributed by atoms with Crippen molar-refractivity contribution in [2.24, 2.45) is 0 Å². The molecule has 0 saturated heterocycles. The molecule has 0 aromatic heterocycles. The van der Waals surface area contributed by atoms with Crippen LogP contribution in [0.4, 0.5) is 10.1 Å². The van der Waals surface area contributed by atoms with Gasteiger partial charge in [0.05, 0.1) is 0 Å². The number of ether oxygens (including phenoxy) is 2. The van der Waals surface area contributed by atoms with E-state index in [2.05, 4.69) is 5.32 Å². The Labute approximate surface area is 144 Å². The van der Waals surface area contributed by atoms with Crippen LogP contribution in [0.3, 0.4) is 0 Å². The molecular weight excluding hydrogens is 327 g/mol. The maximum absolute atomic E-state index is 13.2. The van der Waals surface area contributed by atoms with Gasteiger partial charge < -0.3 is 19.7 Å². The van der Waals surface area contributed by atoms with E-state index in [4.69, 9.17) is 9.47 Å². The molecule has 7 heteroatoms. The Morgan fingerprint density at radius 3 is 2.72 bits per heavy atom. The maximum Gasteiger partial charge on any atom is 0.251 e. The number of hydrogen-bond donors (Lipinski definition) is 1. The predicted molar refractivity (Wildman–Crippen MR) is 89.3 cm³/mol. The first-order valence-corrected chi connectivity index (χ1v) is 7.76. The van der Waals surface area contributed by atoms with Crippen molar-refractivity contribution >= 4 is 17.5 Å². The van der Waals surface area contributed by atoms with Gasteiger partial charge in [-0.25, -0.2) is 4.39 Å². The molecular formula is C18H17FN2O4. The maximum atomic E-state index is 13.2. The summed E-state index contributed by atoms with van der Waals surface area (Å²) in [5.74, 6) is 0.171. The summed E-state index contributed by atoms with van der Waals surface area (Å²) in [5.41, 5.74) is 0.884. The van der Waals surface area contributed by atoms with Gasteiger partial charge >= 0.3 is 0 Å². The fourth-order valence-electron chi connectivity index (χ4n) is 2.53. The van der Waals surface area contributed by atoms with Crippen molar-refractivity contribution in [2.75, 3.05) is 24.8 Å². The quantitative estimate of drug-likeness (QED) is 0.904. The van der Waals surface area contributed by atoms with Crippen molar-refractivity contribution in [3.05, 3.63) is 53.8 Å². The monoisotopic (exact) mass is 344 g/mol. The lowest BCUT2D eigenvalue weighted by Crippen LogP contribution is -2.37. The first kappa shape index (κ1) is 16.8.